The second kappa shape index (κ2) is 13.8. The van der Waals surface area contributed by atoms with Crippen LogP contribution in [-0.2, 0) is 30.5 Å². The number of carbonyl (C=O) groups excluding carboxylic acids is 4. The van der Waals surface area contributed by atoms with Crippen molar-refractivity contribution < 1.29 is 33.8 Å². The molecule has 202 valence electrons. The highest BCUT2D eigenvalue weighted by molar-refractivity contribution is 5.86. The summed E-state index contributed by atoms with van der Waals surface area (Å²) in [6.07, 6.45) is 6.37. The standard InChI is InChI=1S/C27H37N3O7/c1-19-16-36-25(34)22(29-26(35)37-17-20-9-3-2-4-10-20)12-6-5-11-21(24(33)28-19)15-23(32)30-27(18-31)13-7-8-14-27/h2-6,9-10,19,21-22,31H,7-8,11-18H2,1H3,(H,28,33)(H,29,35)(H,30,32)/t19-,21+,22+/m0/s1. The molecule has 10 heteroatoms. The lowest BCUT2D eigenvalue weighted by atomic mass is 9.95. The van der Waals surface area contributed by atoms with Crippen LogP contribution in [0.5, 0.6) is 0 Å². The molecule has 1 aliphatic carbocycles. The fraction of sp³-hybridized carbons (Fsp3) is 0.556. The first-order valence-corrected chi connectivity index (χ1v) is 12.8. The van der Waals surface area contributed by atoms with Crippen LogP contribution in [0.15, 0.2) is 42.5 Å². The molecule has 1 aromatic carbocycles. The topological polar surface area (TPSA) is 143 Å². The number of hydrogen-bond acceptors (Lipinski definition) is 7. The molecule has 3 amide bonds. The lowest BCUT2D eigenvalue weighted by Crippen LogP contribution is -2.50. The van der Waals surface area contributed by atoms with Gasteiger partial charge in [0, 0.05) is 6.42 Å². The number of carbonyl (C=O) groups is 4. The van der Waals surface area contributed by atoms with E-state index in [2.05, 4.69) is 16.0 Å². The van der Waals surface area contributed by atoms with Gasteiger partial charge in [-0.05, 0) is 38.2 Å². The summed E-state index contributed by atoms with van der Waals surface area (Å²) in [6, 6.07) is 7.72. The Labute approximate surface area is 217 Å². The first-order chi connectivity index (χ1) is 17.8. The Kier molecular flexibility index (Phi) is 10.5. The van der Waals surface area contributed by atoms with Crippen molar-refractivity contribution in [3.8, 4) is 0 Å². The van der Waals surface area contributed by atoms with Crippen LogP contribution in [0.1, 0.15) is 57.4 Å². The molecule has 0 unspecified atom stereocenters. The highest BCUT2D eigenvalue weighted by atomic mass is 16.6. The van der Waals surface area contributed by atoms with Crippen LogP contribution >= 0.6 is 0 Å². The summed E-state index contributed by atoms with van der Waals surface area (Å²) in [5, 5.41) is 18.1. The summed E-state index contributed by atoms with van der Waals surface area (Å²) in [5.74, 6) is -1.86. The Hall–Kier alpha value is -3.40. The maximum absolute atomic E-state index is 12.9. The molecule has 0 radical (unpaired) electrons. The zero-order chi connectivity index (χ0) is 26.7. The third-order valence-electron chi connectivity index (χ3n) is 6.68. The second-order valence-corrected chi connectivity index (χ2v) is 9.84. The SMILES string of the molecule is C[C@H]1COC(=O)[C@H](NC(=O)OCc2ccccc2)CC=CC[C@H](CC(=O)NC2(CO)CCCC2)C(=O)N1. The molecule has 1 saturated carbocycles. The first kappa shape index (κ1) is 28.2. The fourth-order valence-electron chi connectivity index (χ4n) is 4.55. The largest absolute Gasteiger partial charge is 0.462 e. The van der Waals surface area contributed by atoms with Crippen molar-refractivity contribution in [1.29, 1.82) is 0 Å². The van der Waals surface area contributed by atoms with Crippen LogP contribution in [0.2, 0.25) is 0 Å². The molecule has 1 heterocycles. The Balaban J connectivity index is 1.60. The molecule has 1 aromatic rings. The number of cyclic esters (lactones) is 1. The van der Waals surface area contributed by atoms with Gasteiger partial charge in [-0.3, -0.25) is 9.59 Å². The molecule has 0 bridgehead atoms. The van der Waals surface area contributed by atoms with Crippen molar-refractivity contribution >= 4 is 23.9 Å². The van der Waals surface area contributed by atoms with Crippen LogP contribution in [0.25, 0.3) is 0 Å². The minimum atomic E-state index is -0.963. The summed E-state index contributed by atoms with van der Waals surface area (Å²) in [6.45, 7) is 1.55. The van der Waals surface area contributed by atoms with Gasteiger partial charge in [-0.25, -0.2) is 9.59 Å². The van der Waals surface area contributed by atoms with Gasteiger partial charge in [-0.1, -0.05) is 55.3 Å². The Morgan fingerprint density at radius 3 is 2.54 bits per heavy atom. The predicted octanol–water partition coefficient (Wildman–Crippen LogP) is 2.11. The molecular weight excluding hydrogens is 478 g/mol. The van der Waals surface area contributed by atoms with Crippen LogP contribution in [0.3, 0.4) is 0 Å². The summed E-state index contributed by atoms with van der Waals surface area (Å²) in [5.41, 5.74) is 0.209. The lowest BCUT2D eigenvalue weighted by molar-refractivity contribution is -0.147. The molecule has 4 N–H and O–H groups in total. The first-order valence-electron chi connectivity index (χ1n) is 12.8. The van der Waals surface area contributed by atoms with Gasteiger partial charge < -0.3 is 30.5 Å². The van der Waals surface area contributed by atoms with Gasteiger partial charge in [0.25, 0.3) is 0 Å². The van der Waals surface area contributed by atoms with Crippen molar-refractivity contribution in [2.24, 2.45) is 5.92 Å². The van der Waals surface area contributed by atoms with E-state index in [0.717, 1.165) is 31.2 Å². The molecule has 3 rings (SSSR count). The molecule has 1 aliphatic heterocycles. The van der Waals surface area contributed by atoms with Gasteiger partial charge >= 0.3 is 12.1 Å². The molecule has 3 atom stereocenters. The zero-order valence-electron chi connectivity index (χ0n) is 21.2. The number of rotatable bonds is 7. The minimum Gasteiger partial charge on any atom is -0.462 e. The fourth-order valence-corrected chi connectivity index (χ4v) is 4.55. The lowest BCUT2D eigenvalue weighted by Gasteiger charge is -2.29. The third kappa shape index (κ3) is 8.89. The number of aliphatic hydroxyl groups is 1. The molecule has 10 nitrogen and oxygen atoms in total. The predicted molar refractivity (Wildman–Crippen MR) is 135 cm³/mol. The summed E-state index contributed by atoms with van der Waals surface area (Å²) in [4.78, 5) is 50.5. The average Bonchev–Trinajstić information content (AvgIpc) is 3.35. The van der Waals surface area contributed by atoms with Crippen molar-refractivity contribution in [3.05, 3.63) is 48.0 Å². The summed E-state index contributed by atoms with van der Waals surface area (Å²) < 4.78 is 10.5. The van der Waals surface area contributed by atoms with Crippen molar-refractivity contribution in [3.63, 3.8) is 0 Å². The molecule has 37 heavy (non-hydrogen) atoms. The minimum absolute atomic E-state index is 0.0298. The van der Waals surface area contributed by atoms with Crippen LogP contribution < -0.4 is 16.0 Å². The average molecular weight is 516 g/mol. The highest BCUT2D eigenvalue weighted by Crippen LogP contribution is 2.29. The quantitative estimate of drug-likeness (QED) is 0.322. The normalized spacial score (nSPS) is 24.1. The number of allylic oxidation sites excluding steroid dienone is 1. The van der Waals surface area contributed by atoms with E-state index in [9.17, 15) is 24.3 Å². The number of esters is 1. The Bertz CT molecular complexity index is 960. The molecule has 0 aromatic heterocycles. The third-order valence-corrected chi connectivity index (χ3v) is 6.68. The van der Waals surface area contributed by atoms with Crippen molar-refractivity contribution in [2.75, 3.05) is 13.2 Å². The van der Waals surface area contributed by atoms with Gasteiger partial charge in [-0.2, -0.15) is 0 Å². The van der Waals surface area contributed by atoms with E-state index < -0.39 is 35.6 Å². The number of amides is 3. The number of benzene rings is 1. The van der Waals surface area contributed by atoms with E-state index in [0.29, 0.717) is 0 Å². The van der Waals surface area contributed by atoms with Gasteiger partial charge in [0.15, 0.2) is 0 Å². The number of nitrogens with one attached hydrogen (secondary N) is 3. The summed E-state index contributed by atoms with van der Waals surface area (Å²) >= 11 is 0. The number of aliphatic hydroxyl groups excluding tert-OH is 1. The van der Waals surface area contributed by atoms with E-state index in [-0.39, 0.29) is 50.9 Å². The van der Waals surface area contributed by atoms with E-state index in [1.807, 2.05) is 30.3 Å². The van der Waals surface area contributed by atoms with Crippen LogP contribution in [0.4, 0.5) is 4.79 Å². The molecular formula is C27H37N3O7. The van der Waals surface area contributed by atoms with Gasteiger partial charge in [0.2, 0.25) is 11.8 Å². The van der Waals surface area contributed by atoms with Gasteiger partial charge in [0.05, 0.1) is 24.1 Å². The maximum atomic E-state index is 12.9. The van der Waals surface area contributed by atoms with E-state index in [4.69, 9.17) is 9.47 Å². The summed E-state index contributed by atoms with van der Waals surface area (Å²) in [7, 11) is 0. The van der Waals surface area contributed by atoms with E-state index >= 15 is 0 Å². The monoisotopic (exact) mass is 515 g/mol. The smallest absolute Gasteiger partial charge is 0.408 e. The number of hydrogen-bond donors (Lipinski definition) is 4. The zero-order valence-corrected chi connectivity index (χ0v) is 21.2. The molecule has 0 saturated heterocycles. The van der Waals surface area contributed by atoms with E-state index in [1.54, 1.807) is 19.1 Å². The Morgan fingerprint density at radius 2 is 1.84 bits per heavy atom. The second-order valence-electron chi connectivity index (χ2n) is 9.84. The van der Waals surface area contributed by atoms with E-state index in [1.165, 1.54) is 0 Å². The van der Waals surface area contributed by atoms with Gasteiger partial charge in [0.1, 0.15) is 19.3 Å². The number of alkyl carbamates (subject to hydrolysis) is 1. The van der Waals surface area contributed by atoms with Crippen molar-refractivity contribution in [1.82, 2.24) is 16.0 Å². The van der Waals surface area contributed by atoms with Crippen LogP contribution in [0, 0.1) is 5.92 Å². The highest BCUT2D eigenvalue weighted by Gasteiger charge is 2.35. The van der Waals surface area contributed by atoms with Crippen molar-refractivity contribution in [2.45, 2.75) is 76.1 Å². The number of ether oxygens (including phenoxy) is 2. The maximum Gasteiger partial charge on any atom is 0.408 e. The molecule has 2 aliphatic rings. The molecule has 1 fully saturated rings. The Morgan fingerprint density at radius 1 is 1.14 bits per heavy atom. The molecule has 0 spiro atoms. The van der Waals surface area contributed by atoms with Crippen LogP contribution in [-0.4, -0.2) is 59.8 Å². The van der Waals surface area contributed by atoms with Gasteiger partial charge in [-0.15, -0.1) is 0 Å².